The molecule has 3 rings (SSSR count). The molecule has 1 aromatic rings. The van der Waals surface area contributed by atoms with Crippen molar-refractivity contribution in [3.05, 3.63) is 21.7 Å². The van der Waals surface area contributed by atoms with Gasteiger partial charge in [-0.25, -0.2) is 4.98 Å². The number of aliphatic hydroxyl groups excluding tert-OH is 2. The van der Waals surface area contributed by atoms with Gasteiger partial charge in [0.05, 0.1) is 41.4 Å². The van der Waals surface area contributed by atoms with Crippen LogP contribution in [0.5, 0.6) is 0 Å². The number of ether oxygens (including phenoxy) is 2. The number of fused-ring (bicyclic) bond motifs is 1. The second-order valence-corrected chi connectivity index (χ2v) is 14.0. The second-order valence-electron chi connectivity index (χ2n) is 11.8. The van der Waals surface area contributed by atoms with Gasteiger partial charge in [-0.2, -0.15) is 11.8 Å². The third kappa shape index (κ3) is 7.68. The molecule has 1 aromatic heterocycles. The Hall–Kier alpha value is -1.26. The van der Waals surface area contributed by atoms with Crippen molar-refractivity contribution in [1.82, 2.24) is 4.98 Å². The van der Waals surface area contributed by atoms with Crippen LogP contribution in [0.2, 0.25) is 0 Å². The highest BCUT2D eigenvalue weighted by atomic mass is 32.2. The van der Waals surface area contributed by atoms with Crippen molar-refractivity contribution in [1.29, 1.82) is 0 Å². The summed E-state index contributed by atoms with van der Waals surface area (Å²) in [6.45, 7) is 13.1. The zero-order chi connectivity index (χ0) is 28.3. The van der Waals surface area contributed by atoms with Crippen LogP contribution < -0.4 is 0 Å². The van der Waals surface area contributed by atoms with Gasteiger partial charge in [0, 0.05) is 23.5 Å². The molecule has 7 atom stereocenters. The van der Waals surface area contributed by atoms with Crippen LogP contribution in [0.4, 0.5) is 0 Å². The molecule has 2 saturated heterocycles. The molecule has 2 fully saturated rings. The van der Waals surface area contributed by atoms with Crippen molar-refractivity contribution in [3.8, 4) is 0 Å². The molecule has 0 aliphatic carbocycles. The maximum Gasteiger partial charge on any atom is 0.309 e. The lowest BCUT2D eigenvalue weighted by Gasteiger charge is -2.34. The van der Waals surface area contributed by atoms with Crippen molar-refractivity contribution >= 4 is 40.9 Å². The fourth-order valence-corrected chi connectivity index (χ4v) is 6.77. The molecule has 0 radical (unpaired) electrons. The van der Waals surface area contributed by atoms with Crippen molar-refractivity contribution in [2.24, 2.45) is 17.3 Å². The summed E-state index contributed by atoms with van der Waals surface area (Å²) in [5, 5.41) is 24.9. The highest BCUT2D eigenvalue weighted by Gasteiger charge is 2.53. The Balaban J connectivity index is 1.83. The topological polar surface area (TPSA) is 109 Å². The van der Waals surface area contributed by atoms with Crippen molar-refractivity contribution in [2.75, 3.05) is 5.75 Å². The molecule has 2 aliphatic heterocycles. The summed E-state index contributed by atoms with van der Waals surface area (Å²) in [4.78, 5) is 31.0. The number of carbonyl (C=O) groups is 2. The number of thiazole rings is 1. The Morgan fingerprint density at radius 3 is 2.66 bits per heavy atom. The van der Waals surface area contributed by atoms with E-state index >= 15 is 0 Å². The molecule has 38 heavy (non-hydrogen) atoms. The number of nitrogens with zero attached hydrogens (tertiary/aromatic N) is 1. The zero-order valence-electron chi connectivity index (χ0n) is 23.9. The van der Waals surface area contributed by atoms with E-state index in [0.29, 0.717) is 6.42 Å². The average Bonchev–Trinajstić information content (AvgIpc) is 3.27. The first-order valence-electron chi connectivity index (χ1n) is 13.8. The van der Waals surface area contributed by atoms with Gasteiger partial charge in [-0.1, -0.05) is 41.0 Å². The Bertz CT molecular complexity index is 1010. The SMILES string of the molecule is CCSCc1nc(/C=C(\C)[C@@H]2C[C@@H]3O[C@]3(C)CCC[C@H](C)[C@H](O)[C@@H](C)C(=O)C(C)(C)[C@@H](O)CC(=O)O2)cs1. The fourth-order valence-electron chi connectivity index (χ4n) is 5.27. The molecule has 214 valence electrons. The van der Waals surface area contributed by atoms with E-state index in [-0.39, 0.29) is 29.8 Å². The minimum absolute atomic E-state index is 0.0504. The van der Waals surface area contributed by atoms with Gasteiger partial charge in [0.25, 0.3) is 0 Å². The van der Waals surface area contributed by atoms with Gasteiger partial charge in [-0.15, -0.1) is 11.3 Å². The number of cyclic esters (lactones) is 1. The Morgan fingerprint density at radius 2 is 1.97 bits per heavy atom. The lowest BCUT2D eigenvalue weighted by molar-refractivity contribution is -0.154. The molecular formula is C29H45NO6S2. The number of aliphatic hydroxyl groups is 2. The van der Waals surface area contributed by atoms with E-state index in [1.165, 1.54) is 0 Å². The first-order chi connectivity index (χ1) is 17.8. The predicted octanol–water partition coefficient (Wildman–Crippen LogP) is 5.42. The number of esters is 1. The van der Waals surface area contributed by atoms with E-state index < -0.39 is 35.6 Å². The van der Waals surface area contributed by atoms with Crippen LogP contribution in [0.1, 0.15) is 91.3 Å². The standard InChI is InChI=1S/C29H45NO6S2/c1-8-37-16-24-30-20(15-38-24)12-18(3)21-13-23-29(7,36-23)11-9-10-17(2)26(33)19(4)27(34)28(5,6)22(31)14-25(32)35-21/h12,15,17,19,21-23,26,31,33H,8-11,13-14,16H2,1-7H3/b18-12+/t17-,19+,21-,22-,23-,26-,29+/m0/s1. The second kappa shape index (κ2) is 12.9. The van der Waals surface area contributed by atoms with Crippen LogP contribution in [-0.4, -0.2) is 62.7 Å². The average molecular weight is 568 g/mol. The number of Topliss-reactive ketones (excluding diaryl/α,β-unsaturated/α-hetero) is 1. The van der Waals surface area contributed by atoms with E-state index in [1.54, 1.807) is 32.1 Å². The number of ketones is 1. The lowest BCUT2D eigenvalue weighted by Crippen LogP contribution is -2.45. The molecule has 9 heteroatoms. The van der Waals surface area contributed by atoms with E-state index in [0.717, 1.165) is 47.0 Å². The first kappa shape index (κ1) is 31.3. The largest absolute Gasteiger partial charge is 0.458 e. The number of carbonyl (C=O) groups excluding carboxylic acids is 2. The highest BCUT2D eigenvalue weighted by Crippen LogP contribution is 2.45. The molecule has 0 bridgehead atoms. The van der Waals surface area contributed by atoms with Gasteiger partial charge in [-0.3, -0.25) is 9.59 Å². The number of rotatable bonds is 5. The van der Waals surface area contributed by atoms with Crippen LogP contribution in [-0.2, 0) is 24.8 Å². The monoisotopic (exact) mass is 567 g/mol. The van der Waals surface area contributed by atoms with Crippen LogP contribution in [0.3, 0.4) is 0 Å². The summed E-state index contributed by atoms with van der Waals surface area (Å²) in [5.41, 5.74) is 0.200. The van der Waals surface area contributed by atoms with Gasteiger partial charge in [0.15, 0.2) is 0 Å². The number of thioether (sulfide) groups is 1. The van der Waals surface area contributed by atoms with Crippen LogP contribution in [0.15, 0.2) is 11.0 Å². The van der Waals surface area contributed by atoms with Crippen LogP contribution >= 0.6 is 23.1 Å². The summed E-state index contributed by atoms with van der Waals surface area (Å²) >= 11 is 3.45. The van der Waals surface area contributed by atoms with Crippen molar-refractivity contribution in [3.63, 3.8) is 0 Å². The van der Waals surface area contributed by atoms with E-state index in [2.05, 4.69) is 13.8 Å². The van der Waals surface area contributed by atoms with Gasteiger partial charge in [-0.05, 0) is 50.0 Å². The maximum absolute atomic E-state index is 13.3. The highest BCUT2D eigenvalue weighted by molar-refractivity contribution is 7.98. The molecular weight excluding hydrogens is 522 g/mol. The predicted molar refractivity (Wildman–Crippen MR) is 153 cm³/mol. The van der Waals surface area contributed by atoms with Gasteiger partial charge < -0.3 is 19.7 Å². The molecule has 7 nitrogen and oxygen atoms in total. The number of aromatic nitrogens is 1. The minimum Gasteiger partial charge on any atom is -0.458 e. The van der Waals surface area contributed by atoms with Crippen LogP contribution in [0, 0.1) is 17.3 Å². The summed E-state index contributed by atoms with van der Waals surface area (Å²) in [7, 11) is 0. The number of epoxide rings is 1. The quantitative estimate of drug-likeness (QED) is 0.359. The molecule has 0 saturated carbocycles. The molecule has 3 heterocycles. The minimum atomic E-state index is -1.23. The molecule has 0 amide bonds. The fraction of sp³-hybridized carbons (Fsp3) is 0.759. The summed E-state index contributed by atoms with van der Waals surface area (Å²) < 4.78 is 12.0. The summed E-state index contributed by atoms with van der Waals surface area (Å²) in [6, 6.07) is 0. The molecule has 2 aliphatic rings. The zero-order valence-corrected chi connectivity index (χ0v) is 25.5. The lowest BCUT2D eigenvalue weighted by atomic mass is 9.73. The van der Waals surface area contributed by atoms with Crippen molar-refractivity contribution in [2.45, 2.75) is 116 Å². The number of hydrogen-bond acceptors (Lipinski definition) is 9. The molecule has 2 N–H and O–H groups in total. The van der Waals surface area contributed by atoms with Gasteiger partial charge in [0.2, 0.25) is 0 Å². The van der Waals surface area contributed by atoms with E-state index in [4.69, 9.17) is 14.5 Å². The van der Waals surface area contributed by atoms with E-state index in [9.17, 15) is 19.8 Å². The van der Waals surface area contributed by atoms with Crippen LogP contribution in [0.25, 0.3) is 6.08 Å². The molecule has 0 unspecified atom stereocenters. The third-order valence-electron chi connectivity index (χ3n) is 8.29. The Labute approximate surface area is 235 Å². The smallest absolute Gasteiger partial charge is 0.309 e. The Kier molecular flexibility index (Phi) is 10.6. The third-order valence-corrected chi connectivity index (χ3v) is 10.2. The normalized spacial score (nSPS) is 35.4. The van der Waals surface area contributed by atoms with Gasteiger partial charge in [0.1, 0.15) is 16.9 Å². The summed E-state index contributed by atoms with van der Waals surface area (Å²) in [5.74, 6) is 0.365. The first-order valence-corrected chi connectivity index (χ1v) is 15.8. The van der Waals surface area contributed by atoms with Crippen molar-refractivity contribution < 1.29 is 29.3 Å². The van der Waals surface area contributed by atoms with Gasteiger partial charge >= 0.3 is 5.97 Å². The Morgan fingerprint density at radius 1 is 1.26 bits per heavy atom. The maximum atomic E-state index is 13.3. The van der Waals surface area contributed by atoms with E-state index in [1.807, 2.05) is 37.1 Å². The molecule has 0 spiro atoms. The number of hydrogen-bond donors (Lipinski definition) is 2. The summed E-state index contributed by atoms with van der Waals surface area (Å²) in [6.07, 6.45) is 2.00. The molecule has 0 aromatic carbocycles.